The summed E-state index contributed by atoms with van der Waals surface area (Å²) < 4.78 is 5.18. The van der Waals surface area contributed by atoms with Gasteiger partial charge < -0.3 is 9.72 Å². The van der Waals surface area contributed by atoms with Gasteiger partial charge >= 0.3 is 0 Å². The van der Waals surface area contributed by atoms with E-state index in [0.717, 1.165) is 12.8 Å². The second kappa shape index (κ2) is 4.23. The summed E-state index contributed by atoms with van der Waals surface area (Å²) >= 11 is 0. The van der Waals surface area contributed by atoms with Crippen LogP contribution in [0.5, 0.6) is 0 Å². The lowest BCUT2D eigenvalue weighted by Crippen LogP contribution is -2.28. The molecule has 0 radical (unpaired) electrons. The molecule has 14 heavy (non-hydrogen) atoms. The first-order valence-electron chi connectivity index (χ1n) is 4.74. The Labute approximate surface area is 81.9 Å². The van der Waals surface area contributed by atoms with E-state index in [2.05, 4.69) is 15.3 Å². The molecule has 1 saturated heterocycles. The van der Waals surface area contributed by atoms with Crippen molar-refractivity contribution < 1.29 is 9.53 Å². The van der Waals surface area contributed by atoms with Crippen molar-refractivity contribution in [1.29, 1.82) is 0 Å². The fraction of sp³-hybridized carbons (Fsp3) is 0.556. The predicted molar refractivity (Wildman–Crippen MR) is 50.8 cm³/mol. The van der Waals surface area contributed by atoms with E-state index in [1.165, 1.54) is 0 Å². The van der Waals surface area contributed by atoms with Crippen molar-refractivity contribution in [3.8, 4) is 0 Å². The van der Waals surface area contributed by atoms with Gasteiger partial charge in [0.15, 0.2) is 0 Å². The lowest BCUT2D eigenvalue weighted by atomic mass is 10.00. The number of aromatic nitrogens is 2. The lowest BCUT2D eigenvalue weighted by Gasteiger charge is -2.20. The molecule has 1 aromatic heterocycles. The SMILES string of the molecule is O=C(Nc1ncc[nH]1)C1CCOCC1. The van der Waals surface area contributed by atoms with E-state index in [-0.39, 0.29) is 11.8 Å². The van der Waals surface area contributed by atoms with Crippen molar-refractivity contribution >= 4 is 11.9 Å². The summed E-state index contributed by atoms with van der Waals surface area (Å²) in [5, 5.41) is 2.73. The molecule has 0 atom stereocenters. The summed E-state index contributed by atoms with van der Waals surface area (Å²) in [5.41, 5.74) is 0. The lowest BCUT2D eigenvalue weighted by molar-refractivity contribution is -0.122. The van der Waals surface area contributed by atoms with Gasteiger partial charge in [0.25, 0.3) is 0 Å². The Bertz CT molecular complexity index is 291. The first-order chi connectivity index (χ1) is 6.86. The molecule has 0 bridgehead atoms. The molecular formula is C9H13N3O2. The molecule has 1 amide bonds. The fourth-order valence-electron chi connectivity index (χ4n) is 1.51. The average molecular weight is 195 g/mol. The van der Waals surface area contributed by atoms with Crippen LogP contribution in [0.15, 0.2) is 12.4 Å². The Morgan fingerprint density at radius 2 is 2.36 bits per heavy atom. The molecule has 0 unspecified atom stereocenters. The van der Waals surface area contributed by atoms with E-state index in [0.29, 0.717) is 19.2 Å². The summed E-state index contributed by atoms with van der Waals surface area (Å²) in [7, 11) is 0. The largest absolute Gasteiger partial charge is 0.381 e. The summed E-state index contributed by atoms with van der Waals surface area (Å²) in [6.45, 7) is 1.35. The number of rotatable bonds is 2. The second-order valence-electron chi connectivity index (χ2n) is 3.31. The van der Waals surface area contributed by atoms with Crippen LogP contribution in [0.3, 0.4) is 0 Å². The number of aromatic amines is 1. The molecular weight excluding hydrogens is 182 g/mol. The fourth-order valence-corrected chi connectivity index (χ4v) is 1.51. The smallest absolute Gasteiger partial charge is 0.229 e. The van der Waals surface area contributed by atoms with Gasteiger partial charge in [-0.3, -0.25) is 10.1 Å². The molecule has 1 aliphatic rings. The average Bonchev–Trinajstić information content (AvgIpc) is 2.72. The zero-order valence-corrected chi connectivity index (χ0v) is 7.82. The quantitative estimate of drug-likeness (QED) is 0.732. The Balaban J connectivity index is 1.88. The molecule has 2 N–H and O–H groups in total. The number of H-pyrrole nitrogens is 1. The summed E-state index contributed by atoms with van der Waals surface area (Å²) in [5.74, 6) is 0.610. The standard InChI is InChI=1S/C9H13N3O2/c13-8(7-1-5-14-6-2-7)12-9-10-3-4-11-9/h3-4,7H,1-2,5-6H2,(H2,10,11,12,13). The van der Waals surface area contributed by atoms with E-state index in [1.54, 1.807) is 12.4 Å². The number of ether oxygens (including phenoxy) is 1. The van der Waals surface area contributed by atoms with E-state index < -0.39 is 0 Å². The van der Waals surface area contributed by atoms with Crippen LogP contribution in [-0.4, -0.2) is 29.1 Å². The van der Waals surface area contributed by atoms with Crippen LogP contribution < -0.4 is 5.32 Å². The zero-order valence-electron chi connectivity index (χ0n) is 7.82. The summed E-state index contributed by atoms with van der Waals surface area (Å²) in [6.07, 6.45) is 4.89. The molecule has 2 heterocycles. The first kappa shape index (κ1) is 9.21. The molecule has 76 valence electrons. The molecule has 0 saturated carbocycles. The second-order valence-corrected chi connectivity index (χ2v) is 3.31. The van der Waals surface area contributed by atoms with Crippen molar-refractivity contribution in [3.63, 3.8) is 0 Å². The predicted octanol–water partition coefficient (Wildman–Crippen LogP) is 0.775. The molecule has 5 heteroatoms. The van der Waals surface area contributed by atoms with E-state index >= 15 is 0 Å². The molecule has 0 aromatic carbocycles. The molecule has 0 spiro atoms. The van der Waals surface area contributed by atoms with Crippen LogP contribution >= 0.6 is 0 Å². The number of hydrogen-bond donors (Lipinski definition) is 2. The number of hydrogen-bond acceptors (Lipinski definition) is 3. The van der Waals surface area contributed by atoms with Crippen molar-refractivity contribution in [3.05, 3.63) is 12.4 Å². The Hall–Kier alpha value is -1.36. The van der Waals surface area contributed by atoms with Gasteiger partial charge in [0, 0.05) is 31.5 Å². The summed E-state index contributed by atoms with van der Waals surface area (Å²) in [4.78, 5) is 18.4. The number of carbonyl (C=O) groups is 1. The molecule has 0 aliphatic carbocycles. The van der Waals surface area contributed by atoms with Crippen LogP contribution in [0, 0.1) is 5.92 Å². The maximum absolute atomic E-state index is 11.6. The van der Waals surface area contributed by atoms with Crippen LogP contribution in [0.1, 0.15) is 12.8 Å². The molecule has 1 aromatic rings. The maximum atomic E-state index is 11.6. The highest BCUT2D eigenvalue weighted by molar-refractivity contribution is 5.90. The van der Waals surface area contributed by atoms with Gasteiger partial charge in [0.2, 0.25) is 11.9 Å². The number of carbonyl (C=O) groups excluding carboxylic acids is 1. The minimum absolute atomic E-state index is 0.0308. The van der Waals surface area contributed by atoms with Gasteiger partial charge in [0.05, 0.1) is 0 Å². The zero-order chi connectivity index (χ0) is 9.80. The highest BCUT2D eigenvalue weighted by Gasteiger charge is 2.21. The molecule has 1 fully saturated rings. The molecule has 5 nitrogen and oxygen atoms in total. The van der Waals surface area contributed by atoms with Crippen LogP contribution in [0.2, 0.25) is 0 Å². The van der Waals surface area contributed by atoms with Gasteiger partial charge in [-0.1, -0.05) is 0 Å². The van der Waals surface area contributed by atoms with E-state index in [9.17, 15) is 4.79 Å². The third kappa shape index (κ3) is 2.11. The van der Waals surface area contributed by atoms with Gasteiger partial charge in [-0.2, -0.15) is 0 Å². The van der Waals surface area contributed by atoms with Gasteiger partial charge in [-0.15, -0.1) is 0 Å². The Kier molecular flexibility index (Phi) is 2.78. The van der Waals surface area contributed by atoms with Crippen LogP contribution in [-0.2, 0) is 9.53 Å². The number of amides is 1. The van der Waals surface area contributed by atoms with E-state index in [1.807, 2.05) is 0 Å². The third-order valence-corrected chi connectivity index (χ3v) is 2.33. The number of imidazole rings is 1. The number of nitrogens with zero attached hydrogens (tertiary/aromatic N) is 1. The highest BCUT2D eigenvalue weighted by atomic mass is 16.5. The Morgan fingerprint density at radius 3 is 3.00 bits per heavy atom. The topological polar surface area (TPSA) is 67.0 Å². The number of anilines is 1. The maximum Gasteiger partial charge on any atom is 0.229 e. The summed E-state index contributed by atoms with van der Waals surface area (Å²) in [6, 6.07) is 0. The van der Waals surface area contributed by atoms with Crippen molar-refractivity contribution in [2.75, 3.05) is 18.5 Å². The minimum Gasteiger partial charge on any atom is -0.381 e. The van der Waals surface area contributed by atoms with Crippen LogP contribution in [0.4, 0.5) is 5.95 Å². The molecule has 2 rings (SSSR count). The van der Waals surface area contributed by atoms with Gasteiger partial charge in [0.1, 0.15) is 0 Å². The van der Waals surface area contributed by atoms with Gasteiger partial charge in [-0.05, 0) is 12.8 Å². The van der Waals surface area contributed by atoms with Crippen molar-refractivity contribution in [2.45, 2.75) is 12.8 Å². The first-order valence-corrected chi connectivity index (χ1v) is 4.74. The normalized spacial score (nSPS) is 18.0. The third-order valence-electron chi connectivity index (χ3n) is 2.33. The van der Waals surface area contributed by atoms with Crippen LogP contribution in [0.25, 0.3) is 0 Å². The monoisotopic (exact) mass is 195 g/mol. The van der Waals surface area contributed by atoms with Crippen molar-refractivity contribution in [1.82, 2.24) is 9.97 Å². The van der Waals surface area contributed by atoms with Crippen molar-refractivity contribution in [2.24, 2.45) is 5.92 Å². The van der Waals surface area contributed by atoms with Gasteiger partial charge in [-0.25, -0.2) is 4.98 Å². The minimum atomic E-state index is 0.0308. The van der Waals surface area contributed by atoms with E-state index in [4.69, 9.17) is 4.74 Å². The Morgan fingerprint density at radius 1 is 1.57 bits per heavy atom. The number of nitrogens with one attached hydrogen (secondary N) is 2. The highest BCUT2D eigenvalue weighted by Crippen LogP contribution is 2.15. The molecule has 1 aliphatic heterocycles.